The summed E-state index contributed by atoms with van der Waals surface area (Å²) in [6.45, 7) is 3.13. The molecule has 8 aromatic rings. The van der Waals surface area contributed by atoms with Crippen LogP contribution in [0.15, 0.2) is 145 Å². The van der Waals surface area contributed by atoms with Crippen LogP contribution in [0.4, 0.5) is 0 Å². The van der Waals surface area contributed by atoms with Crippen LogP contribution in [0.5, 0.6) is 0 Å². The molecule has 0 heterocycles. The van der Waals surface area contributed by atoms with Crippen LogP contribution < -0.4 is 0 Å². The first-order chi connectivity index (χ1) is 29.8. The van der Waals surface area contributed by atoms with Crippen molar-refractivity contribution in [3.05, 3.63) is 156 Å². The molecule has 0 fully saturated rings. The number of rotatable bonds is 3. The van der Waals surface area contributed by atoms with Crippen LogP contribution in [-0.4, -0.2) is 0 Å². The zero-order chi connectivity index (χ0) is 47.4. The lowest BCUT2D eigenvalue weighted by molar-refractivity contribution is 1.39. The van der Waals surface area contributed by atoms with E-state index in [2.05, 4.69) is 0 Å². The van der Waals surface area contributed by atoms with Gasteiger partial charge < -0.3 is 0 Å². The summed E-state index contributed by atoms with van der Waals surface area (Å²) in [7, 11) is 0. The lowest BCUT2D eigenvalue weighted by Gasteiger charge is -2.20. The Kier molecular flexibility index (Phi) is 2.52. The van der Waals surface area contributed by atoms with E-state index in [0.29, 0.717) is 0 Å². The van der Waals surface area contributed by atoms with Crippen LogP contribution in [0.2, 0.25) is 0 Å². The molecular formula is C42H30. The Hall–Kier alpha value is -5.20. The fourth-order valence-electron chi connectivity index (χ4n) is 5.57. The molecule has 0 atom stereocenters. The third kappa shape index (κ3) is 3.84. The Bertz CT molecular complexity index is 3430. The van der Waals surface area contributed by atoms with Gasteiger partial charge in [-0.25, -0.2) is 0 Å². The third-order valence-electron chi connectivity index (χ3n) is 7.26. The minimum Gasteiger partial charge on any atom is -0.0616 e. The van der Waals surface area contributed by atoms with E-state index in [9.17, 15) is 8.22 Å². The Morgan fingerprint density at radius 3 is 1.48 bits per heavy atom. The molecule has 0 radical (unpaired) electrons. The zero-order valence-electron chi connectivity index (χ0n) is 44.2. The summed E-state index contributed by atoms with van der Waals surface area (Å²) < 4.78 is 194. The van der Waals surface area contributed by atoms with Gasteiger partial charge in [-0.2, -0.15) is 0 Å². The first-order valence-electron chi connectivity index (χ1n) is 23.9. The molecule has 0 saturated carbocycles. The van der Waals surface area contributed by atoms with Gasteiger partial charge in [0, 0.05) is 0 Å². The average Bonchev–Trinajstić information content (AvgIpc) is 3.25. The number of benzene rings is 8. The molecule has 198 valence electrons. The van der Waals surface area contributed by atoms with Crippen LogP contribution in [0, 0.1) is 13.8 Å². The topological polar surface area (TPSA) is 0 Å². The van der Waals surface area contributed by atoms with Crippen molar-refractivity contribution in [3.63, 3.8) is 0 Å². The average molecular weight is 557 g/mol. The Morgan fingerprint density at radius 1 is 0.381 bits per heavy atom. The van der Waals surface area contributed by atoms with Crippen LogP contribution in [0.3, 0.4) is 0 Å². The predicted octanol–water partition coefficient (Wildman–Crippen LogP) is 11.9. The van der Waals surface area contributed by atoms with Crippen molar-refractivity contribution < 1.29 is 30.2 Å². The molecule has 8 rings (SSSR count). The van der Waals surface area contributed by atoms with E-state index in [-0.39, 0.29) is 54.9 Å². The third-order valence-corrected chi connectivity index (χ3v) is 7.26. The van der Waals surface area contributed by atoms with Gasteiger partial charge in [-0.1, -0.05) is 139 Å². The lowest BCUT2D eigenvalue weighted by Crippen LogP contribution is -1.94. The summed E-state index contributed by atoms with van der Waals surface area (Å²) in [6, 6.07) is -12.5. The summed E-state index contributed by atoms with van der Waals surface area (Å²) in [5, 5.41) is -2.98. The number of fused-ring (bicyclic) bond motifs is 4. The van der Waals surface area contributed by atoms with Gasteiger partial charge in [0.25, 0.3) is 0 Å². The quantitative estimate of drug-likeness (QED) is 0.190. The van der Waals surface area contributed by atoms with Gasteiger partial charge >= 0.3 is 0 Å². The number of hydrogen-bond acceptors (Lipinski definition) is 0. The van der Waals surface area contributed by atoms with Gasteiger partial charge in [0.2, 0.25) is 0 Å². The summed E-state index contributed by atoms with van der Waals surface area (Å²) in [5.74, 6) is 0. The maximum atomic E-state index is 9.42. The second kappa shape index (κ2) is 9.72. The maximum absolute atomic E-state index is 9.42. The SMILES string of the molecule is [2H]c1c([2H])c([2H])c2c([2H])c(-c3c4c([2H])c([2H])c([2H])c([2H])c4c(-c4cc(C)c(-c5c([2H])c([2H])c([2H])c6c([2H])c([2H])c([2H])c([2H])c56)c(C)c4)c4c([2H])c([2H])c([2H])c([2H])c34)c([2H])c([2H])c2c1[2H]. The highest BCUT2D eigenvalue weighted by atomic mass is 14.2. The van der Waals surface area contributed by atoms with Crippen molar-refractivity contribution in [2.75, 3.05) is 0 Å². The smallest absolute Gasteiger partial charge is 0.0616 e. The molecule has 8 aromatic carbocycles. The van der Waals surface area contributed by atoms with Crippen LogP contribution in [0.1, 0.15) is 41.3 Å². The van der Waals surface area contributed by atoms with Crippen molar-refractivity contribution in [3.8, 4) is 33.4 Å². The maximum Gasteiger partial charge on any atom is 0.0636 e. The van der Waals surface area contributed by atoms with Crippen molar-refractivity contribution in [1.29, 1.82) is 0 Å². The number of hydrogen-bond donors (Lipinski definition) is 0. The molecule has 0 aliphatic heterocycles. The minimum atomic E-state index is -0.822. The normalized spacial score (nSPS) is 18.9. The Labute approximate surface area is 277 Å². The molecule has 42 heavy (non-hydrogen) atoms. The van der Waals surface area contributed by atoms with Crippen molar-refractivity contribution in [1.82, 2.24) is 0 Å². The minimum absolute atomic E-state index is 0.0927. The molecule has 0 unspecified atom stereocenters. The van der Waals surface area contributed by atoms with E-state index in [1.54, 1.807) is 13.8 Å². The van der Waals surface area contributed by atoms with E-state index in [4.69, 9.17) is 21.9 Å². The molecule has 0 N–H and O–H groups in total. The molecule has 0 aromatic heterocycles. The van der Waals surface area contributed by atoms with E-state index < -0.39 is 166 Å². The molecule has 0 aliphatic carbocycles. The van der Waals surface area contributed by atoms with E-state index in [0.717, 1.165) is 0 Å². The molecule has 0 aliphatic rings. The molecule has 0 saturated heterocycles. The van der Waals surface area contributed by atoms with Gasteiger partial charge in [0.15, 0.2) is 0 Å². The van der Waals surface area contributed by atoms with Crippen LogP contribution >= 0.6 is 0 Å². The van der Waals surface area contributed by atoms with E-state index in [1.807, 2.05) is 0 Å². The Balaban J connectivity index is 1.63. The van der Waals surface area contributed by atoms with E-state index in [1.165, 1.54) is 12.1 Å². The molecule has 0 spiro atoms. The van der Waals surface area contributed by atoms with Crippen molar-refractivity contribution >= 4 is 43.1 Å². The van der Waals surface area contributed by atoms with Gasteiger partial charge in [0.05, 0.1) is 30.2 Å². The fourth-order valence-corrected chi connectivity index (χ4v) is 5.57. The van der Waals surface area contributed by atoms with Crippen LogP contribution in [-0.2, 0) is 0 Å². The molecular weight excluding hydrogens is 504 g/mol. The second-order valence-corrected chi connectivity index (χ2v) is 9.74. The van der Waals surface area contributed by atoms with E-state index >= 15 is 0 Å². The fraction of sp³-hybridized carbons (Fsp3) is 0.0476. The molecule has 0 heteroatoms. The zero-order valence-corrected chi connectivity index (χ0v) is 22.2. The summed E-state index contributed by atoms with van der Waals surface area (Å²) >= 11 is 0. The summed E-state index contributed by atoms with van der Waals surface area (Å²) in [6.07, 6.45) is 0. The summed E-state index contributed by atoms with van der Waals surface area (Å²) in [4.78, 5) is 0. The predicted molar refractivity (Wildman–Crippen MR) is 182 cm³/mol. The molecule has 0 nitrogen and oxygen atoms in total. The first-order valence-corrected chi connectivity index (χ1v) is 12.9. The van der Waals surface area contributed by atoms with Gasteiger partial charge in [-0.05, 0) is 107 Å². The summed E-state index contributed by atoms with van der Waals surface area (Å²) in [5.41, 5.74) is -0.437. The largest absolute Gasteiger partial charge is 0.0636 e. The van der Waals surface area contributed by atoms with Gasteiger partial charge in [-0.15, -0.1) is 0 Å². The van der Waals surface area contributed by atoms with Crippen molar-refractivity contribution in [2.24, 2.45) is 0 Å². The standard InChI is InChI=1S/C42H30/c1-27-24-33(25-28(2)40(27)35-21-11-15-30-13-5-6-16-34(30)35)42-38-19-9-7-17-36(38)41(37-18-8-10-20-39(37)42)32-23-22-29-12-3-4-14-31(29)26-32/h3-26H,1-2H3/i3D,4D,5D,6D,7D,8D,9D,10D,11D,12D,13D,14D,15D,16D,17D,18D,19D,20D,21D,22D,23D,26D. The highest BCUT2D eigenvalue weighted by Crippen LogP contribution is 2.45. The van der Waals surface area contributed by atoms with Gasteiger partial charge in [-0.3, -0.25) is 0 Å². The van der Waals surface area contributed by atoms with Gasteiger partial charge in [0.1, 0.15) is 0 Å². The lowest BCUT2D eigenvalue weighted by atomic mass is 9.83. The second-order valence-electron chi connectivity index (χ2n) is 9.74. The number of aryl methyl sites for hydroxylation is 2. The molecule has 0 amide bonds. The monoisotopic (exact) mass is 556 g/mol. The van der Waals surface area contributed by atoms with Crippen molar-refractivity contribution in [2.45, 2.75) is 13.8 Å². The van der Waals surface area contributed by atoms with Crippen LogP contribution in [0.25, 0.3) is 76.5 Å². The first kappa shape index (κ1) is 10.9. The highest BCUT2D eigenvalue weighted by Gasteiger charge is 2.18. The highest BCUT2D eigenvalue weighted by molar-refractivity contribution is 6.22. The Morgan fingerprint density at radius 2 is 0.857 bits per heavy atom. The molecule has 0 bridgehead atoms.